The van der Waals surface area contributed by atoms with E-state index in [1.807, 2.05) is 6.92 Å². The Morgan fingerprint density at radius 2 is 2.18 bits per heavy atom. The normalized spacial score (nSPS) is 31.9. The Hall–Kier alpha value is -0.770. The molecule has 0 amide bonds. The molecule has 1 fully saturated rings. The zero-order valence-electron chi connectivity index (χ0n) is 7.35. The predicted molar refractivity (Wildman–Crippen MR) is 44.9 cm³/mol. The van der Waals surface area contributed by atoms with Crippen molar-refractivity contribution in [1.29, 1.82) is 0 Å². The number of carbonyl (C=O) groups is 1. The third-order valence-corrected chi connectivity index (χ3v) is 2.70. The summed E-state index contributed by atoms with van der Waals surface area (Å²) >= 11 is 0. The molecule has 0 N–H and O–H groups in total. The first-order chi connectivity index (χ1) is 5.14. The highest BCUT2D eigenvalue weighted by atomic mass is 16.1. The van der Waals surface area contributed by atoms with Crippen LogP contribution in [-0.2, 0) is 4.79 Å². The Labute approximate surface area is 68.2 Å². The summed E-state index contributed by atoms with van der Waals surface area (Å²) in [5, 5.41) is 0. The Kier molecular flexibility index (Phi) is 2.04. The lowest BCUT2D eigenvalue weighted by Crippen LogP contribution is -1.90. The number of carbonyl (C=O) groups excluding carboxylic acids is 1. The molecule has 0 saturated heterocycles. The van der Waals surface area contributed by atoms with Gasteiger partial charge in [0, 0.05) is 12.3 Å². The molecule has 1 saturated carbocycles. The van der Waals surface area contributed by atoms with E-state index in [2.05, 4.69) is 25.7 Å². The summed E-state index contributed by atoms with van der Waals surface area (Å²) in [4.78, 5) is 10.2. The highest BCUT2D eigenvalue weighted by Gasteiger charge is 2.56. The average molecular weight is 150 g/mol. The molecule has 0 aliphatic heterocycles. The molecule has 0 aromatic heterocycles. The number of hydrogen-bond acceptors (Lipinski definition) is 1. The number of rotatable bonds is 2. The average Bonchev–Trinajstić information content (AvgIpc) is 2.41. The Morgan fingerprint density at radius 3 is 2.64 bits per heavy atom. The van der Waals surface area contributed by atoms with Gasteiger partial charge in [0.25, 0.3) is 0 Å². The first-order valence-corrected chi connectivity index (χ1v) is 4.00. The van der Waals surface area contributed by atoms with Gasteiger partial charge in [-0.25, -0.2) is 0 Å². The Balaban J connectivity index is 2.57. The van der Waals surface area contributed by atoms with Gasteiger partial charge in [-0.3, -0.25) is 0 Å². The second-order valence-corrected chi connectivity index (χ2v) is 3.70. The van der Waals surface area contributed by atoms with E-state index >= 15 is 0 Å². The quantitative estimate of drug-likeness (QED) is 0.434. The van der Waals surface area contributed by atoms with Crippen molar-refractivity contribution in [2.45, 2.75) is 27.2 Å². The smallest absolute Gasteiger partial charge is 0.120 e. The molecule has 2 atom stereocenters. The number of hydrogen-bond donors (Lipinski definition) is 0. The fourth-order valence-electron chi connectivity index (χ4n) is 1.73. The summed E-state index contributed by atoms with van der Waals surface area (Å²) in [5.74, 6) is 7.01. The predicted octanol–water partition coefficient (Wildman–Crippen LogP) is 1.87. The van der Waals surface area contributed by atoms with Gasteiger partial charge in [0.05, 0.1) is 0 Å². The van der Waals surface area contributed by atoms with Gasteiger partial charge in [-0.2, -0.15) is 0 Å². The summed E-state index contributed by atoms with van der Waals surface area (Å²) in [7, 11) is 0. The van der Waals surface area contributed by atoms with Crippen molar-refractivity contribution in [3.8, 4) is 11.8 Å². The van der Waals surface area contributed by atoms with Gasteiger partial charge in [-0.15, -0.1) is 5.92 Å². The van der Waals surface area contributed by atoms with E-state index in [4.69, 9.17) is 0 Å². The van der Waals surface area contributed by atoms with Crippen LogP contribution in [0.3, 0.4) is 0 Å². The fourth-order valence-corrected chi connectivity index (χ4v) is 1.73. The van der Waals surface area contributed by atoms with Crippen LogP contribution in [0.2, 0.25) is 0 Å². The summed E-state index contributed by atoms with van der Waals surface area (Å²) in [6.45, 7) is 6.21. The molecule has 1 aliphatic rings. The van der Waals surface area contributed by atoms with Crippen LogP contribution in [0.25, 0.3) is 0 Å². The topological polar surface area (TPSA) is 17.1 Å². The summed E-state index contributed by atoms with van der Waals surface area (Å²) in [6, 6.07) is 0. The van der Waals surface area contributed by atoms with Gasteiger partial charge in [-0.05, 0) is 18.3 Å². The zero-order chi connectivity index (χ0) is 8.48. The molecule has 1 rings (SSSR count). The SMILES string of the molecule is CC#CC1C(CC=O)C1(C)C. The molecule has 0 spiro atoms. The molecule has 0 radical (unpaired) electrons. The molecule has 1 heteroatoms. The van der Waals surface area contributed by atoms with E-state index in [1.54, 1.807) is 0 Å². The zero-order valence-corrected chi connectivity index (χ0v) is 7.35. The van der Waals surface area contributed by atoms with Gasteiger partial charge in [0.1, 0.15) is 6.29 Å². The van der Waals surface area contributed by atoms with Gasteiger partial charge in [0.2, 0.25) is 0 Å². The third kappa shape index (κ3) is 1.30. The Bertz CT molecular complexity index is 217. The summed E-state index contributed by atoms with van der Waals surface area (Å²) < 4.78 is 0. The molecular weight excluding hydrogens is 136 g/mol. The van der Waals surface area contributed by atoms with Crippen molar-refractivity contribution in [1.82, 2.24) is 0 Å². The molecule has 1 aliphatic carbocycles. The molecular formula is C10H14O. The molecule has 60 valence electrons. The number of aldehydes is 1. The van der Waals surface area contributed by atoms with Crippen LogP contribution in [0, 0.1) is 29.1 Å². The van der Waals surface area contributed by atoms with Crippen molar-refractivity contribution in [3.05, 3.63) is 0 Å². The van der Waals surface area contributed by atoms with Crippen molar-refractivity contribution < 1.29 is 4.79 Å². The minimum atomic E-state index is 0.282. The van der Waals surface area contributed by atoms with Crippen molar-refractivity contribution >= 4 is 6.29 Å². The standard InChI is InChI=1S/C10H14O/c1-4-5-8-9(6-7-11)10(8,2)3/h7-9H,6H2,1-3H3. The maximum Gasteiger partial charge on any atom is 0.120 e. The highest BCUT2D eigenvalue weighted by molar-refractivity contribution is 5.52. The van der Waals surface area contributed by atoms with Crippen LogP contribution in [0.15, 0.2) is 0 Å². The molecule has 0 aromatic carbocycles. The molecule has 2 unspecified atom stereocenters. The fraction of sp³-hybridized carbons (Fsp3) is 0.700. The van der Waals surface area contributed by atoms with E-state index in [0.717, 1.165) is 6.29 Å². The van der Waals surface area contributed by atoms with Crippen molar-refractivity contribution in [2.24, 2.45) is 17.3 Å². The van der Waals surface area contributed by atoms with Crippen molar-refractivity contribution in [2.75, 3.05) is 0 Å². The van der Waals surface area contributed by atoms with Crippen LogP contribution < -0.4 is 0 Å². The second-order valence-electron chi connectivity index (χ2n) is 3.70. The van der Waals surface area contributed by atoms with E-state index in [1.165, 1.54) is 0 Å². The Morgan fingerprint density at radius 1 is 1.55 bits per heavy atom. The highest BCUT2D eigenvalue weighted by Crippen LogP contribution is 2.59. The lowest BCUT2D eigenvalue weighted by Gasteiger charge is -1.95. The monoisotopic (exact) mass is 150 g/mol. The minimum absolute atomic E-state index is 0.282. The maximum absolute atomic E-state index is 10.2. The van der Waals surface area contributed by atoms with E-state index in [0.29, 0.717) is 18.3 Å². The van der Waals surface area contributed by atoms with Crippen LogP contribution >= 0.6 is 0 Å². The van der Waals surface area contributed by atoms with Gasteiger partial charge < -0.3 is 4.79 Å². The van der Waals surface area contributed by atoms with Gasteiger partial charge in [-0.1, -0.05) is 19.8 Å². The third-order valence-electron chi connectivity index (χ3n) is 2.70. The first-order valence-electron chi connectivity index (χ1n) is 4.00. The van der Waals surface area contributed by atoms with Crippen LogP contribution in [0.4, 0.5) is 0 Å². The van der Waals surface area contributed by atoms with Crippen LogP contribution in [0.5, 0.6) is 0 Å². The molecule has 1 nitrogen and oxygen atoms in total. The lowest BCUT2D eigenvalue weighted by molar-refractivity contribution is -0.108. The van der Waals surface area contributed by atoms with Crippen molar-refractivity contribution in [3.63, 3.8) is 0 Å². The second kappa shape index (κ2) is 2.70. The van der Waals surface area contributed by atoms with Gasteiger partial charge in [0.15, 0.2) is 0 Å². The van der Waals surface area contributed by atoms with Crippen LogP contribution in [-0.4, -0.2) is 6.29 Å². The van der Waals surface area contributed by atoms with E-state index in [9.17, 15) is 4.79 Å². The van der Waals surface area contributed by atoms with Crippen LogP contribution in [0.1, 0.15) is 27.2 Å². The largest absolute Gasteiger partial charge is 0.303 e. The first kappa shape index (κ1) is 8.33. The maximum atomic E-state index is 10.2. The van der Waals surface area contributed by atoms with Gasteiger partial charge >= 0.3 is 0 Å². The molecule has 0 bridgehead atoms. The minimum Gasteiger partial charge on any atom is -0.303 e. The molecule has 0 aromatic rings. The van der Waals surface area contributed by atoms with E-state index < -0.39 is 0 Å². The van der Waals surface area contributed by atoms with E-state index in [-0.39, 0.29) is 5.41 Å². The molecule has 11 heavy (non-hydrogen) atoms. The summed E-state index contributed by atoms with van der Waals surface area (Å²) in [6.07, 6.45) is 1.68. The molecule has 0 heterocycles. The summed E-state index contributed by atoms with van der Waals surface area (Å²) in [5.41, 5.74) is 0.282. The lowest BCUT2D eigenvalue weighted by atomic mass is 10.1.